The van der Waals surface area contributed by atoms with Gasteiger partial charge in [-0.05, 0) is 10.8 Å². The van der Waals surface area contributed by atoms with E-state index in [9.17, 15) is 0 Å². The highest BCUT2D eigenvalue weighted by molar-refractivity contribution is 8.22. The molecule has 0 radical (unpaired) electrons. The lowest BCUT2D eigenvalue weighted by Gasteiger charge is -1.93. The normalized spacial score (nSPS) is 18.4. The molecule has 0 saturated carbocycles. The van der Waals surface area contributed by atoms with Crippen molar-refractivity contribution in [3.63, 3.8) is 0 Å². The van der Waals surface area contributed by atoms with Gasteiger partial charge in [0.15, 0.2) is 0 Å². The van der Waals surface area contributed by atoms with Gasteiger partial charge in [0.05, 0.1) is 22.7 Å². The molecule has 10 heavy (non-hydrogen) atoms. The monoisotopic (exact) mass is 205 g/mol. The van der Waals surface area contributed by atoms with Crippen molar-refractivity contribution in [1.29, 1.82) is 0 Å². The molecule has 0 atom stereocenters. The van der Waals surface area contributed by atoms with Crippen molar-refractivity contribution < 1.29 is 0 Å². The lowest BCUT2D eigenvalue weighted by molar-refractivity contribution is 1.61. The fourth-order valence-electron chi connectivity index (χ4n) is 0.679. The minimum absolute atomic E-state index is 0.657. The molecule has 0 unspecified atom stereocenters. The molecule has 2 heterocycles. The molecule has 4 heteroatoms. The molecule has 0 aromatic carbocycles. The Labute approximate surface area is 76.4 Å². The largest absolute Gasteiger partial charge is 0.277 e. The number of hydrogen-bond acceptors (Lipinski definition) is 3. The van der Waals surface area contributed by atoms with Crippen LogP contribution in [-0.4, -0.2) is 0 Å². The summed E-state index contributed by atoms with van der Waals surface area (Å²) >= 11 is 7.52. The van der Waals surface area contributed by atoms with Crippen LogP contribution in [0.15, 0.2) is 21.6 Å². The molecule has 0 saturated heterocycles. The molecule has 0 nitrogen and oxygen atoms in total. The first kappa shape index (κ1) is 7.16. The highest BCUT2D eigenvalue weighted by Gasteiger charge is 2.23. The van der Waals surface area contributed by atoms with E-state index in [-0.39, 0.29) is 0 Å². The third kappa shape index (κ3) is 1.39. The summed E-state index contributed by atoms with van der Waals surface area (Å²) in [6, 6.07) is 0. The van der Waals surface area contributed by atoms with Gasteiger partial charge in [0, 0.05) is 0 Å². The summed E-state index contributed by atoms with van der Waals surface area (Å²) < 4.78 is 2.17. The van der Waals surface area contributed by atoms with Crippen molar-refractivity contribution in [2.45, 2.75) is 4.58 Å². The van der Waals surface area contributed by atoms with E-state index in [1.165, 1.54) is 4.19 Å². The van der Waals surface area contributed by atoms with E-state index in [1.54, 1.807) is 0 Å². The summed E-state index contributed by atoms with van der Waals surface area (Å²) in [5.74, 6) is 0. The molecule has 0 N–H and O–H groups in total. The van der Waals surface area contributed by atoms with Gasteiger partial charge in [-0.2, -0.15) is 0 Å². The summed E-state index contributed by atoms with van der Waals surface area (Å²) in [6.45, 7) is 0. The van der Waals surface area contributed by atoms with Crippen LogP contribution in [0.2, 0.25) is 0 Å². The Balaban J connectivity index is 2.14. The summed E-state index contributed by atoms with van der Waals surface area (Å²) in [4.78, 5) is 0. The quantitative estimate of drug-likeness (QED) is 0.635. The first-order valence-corrected chi connectivity index (χ1v) is 6.42. The van der Waals surface area contributed by atoms with Crippen LogP contribution in [-0.2, 0) is 0 Å². The molecule has 1 aliphatic heterocycles. The second-order valence-electron chi connectivity index (χ2n) is 1.70. The van der Waals surface area contributed by atoms with Crippen LogP contribution in [0, 0.1) is 0 Å². The molecule has 0 fully saturated rings. The zero-order valence-electron chi connectivity index (χ0n) is 5.02. The zero-order chi connectivity index (χ0) is 6.81. The van der Waals surface area contributed by atoms with E-state index in [2.05, 4.69) is 21.6 Å². The summed E-state index contributed by atoms with van der Waals surface area (Å²) in [5.41, 5.74) is 0. The minimum atomic E-state index is 0.657. The van der Waals surface area contributed by atoms with Gasteiger partial charge < -0.3 is 0 Å². The van der Waals surface area contributed by atoms with Crippen molar-refractivity contribution in [1.82, 2.24) is 0 Å². The predicted molar refractivity (Wildman–Crippen MR) is 53.7 cm³/mol. The summed E-state index contributed by atoms with van der Waals surface area (Å²) in [5, 5.41) is 8.64. The Bertz CT molecular complexity index is 218. The maximum atomic E-state index is 2.17. The van der Waals surface area contributed by atoms with Gasteiger partial charge in [-0.25, -0.2) is 0 Å². The average molecular weight is 205 g/mol. The van der Waals surface area contributed by atoms with Crippen molar-refractivity contribution in [3.05, 3.63) is 25.8 Å². The first-order valence-electron chi connectivity index (χ1n) is 2.78. The van der Waals surface area contributed by atoms with Crippen LogP contribution < -0.4 is 0 Å². The molecule has 1 aromatic heterocycles. The predicted octanol–water partition coefficient (Wildman–Crippen LogP) is 4.04. The van der Waals surface area contributed by atoms with E-state index < -0.39 is 0 Å². The molecular weight excluding hydrogens is 200 g/mol. The van der Waals surface area contributed by atoms with Crippen molar-refractivity contribution >= 4 is 46.2 Å². The molecule has 1 aromatic rings. The van der Waals surface area contributed by atoms with Crippen LogP contribution in [0.5, 0.6) is 0 Å². The Morgan fingerprint density at radius 2 is 2.10 bits per heavy atom. The third-order valence-corrected chi connectivity index (χ3v) is 6.29. The van der Waals surface area contributed by atoms with Crippen LogP contribution in [0.4, 0.5) is 0 Å². The van der Waals surface area contributed by atoms with Crippen molar-refractivity contribution in [2.75, 3.05) is 0 Å². The van der Waals surface area contributed by atoms with Crippen molar-refractivity contribution in [2.24, 2.45) is 0 Å². The Hall–Kier alpha value is 0.490. The van der Waals surface area contributed by atoms with Gasteiger partial charge in [0.2, 0.25) is 0 Å². The maximum absolute atomic E-state index is 2.17. The first-order chi connectivity index (χ1) is 4.97. The van der Waals surface area contributed by atoms with Crippen LogP contribution in [0.1, 0.15) is 8.77 Å². The molecule has 1 aliphatic rings. The molecule has 0 amide bonds. The standard InChI is InChI=1S/C6H5S4/c1-2-8-5(7-1)6-9-3-4-10-6/h1-5H/q+1. The second-order valence-corrected chi connectivity index (χ2v) is 6.19. The number of hydrogen-bond donors (Lipinski definition) is 0. The van der Waals surface area contributed by atoms with Gasteiger partial charge in [0.1, 0.15) is 15.3 Å². The molecular formula is C6H5S4+. The van der Waals surface area contributed by atoms with E-state index >= 15 is 0 Å². The lowest BCUT2D eigenvalue weighted by atomic mass is 10.9. The van der Waals surface area contributed by atoms with Gasteiger partial charge in [0.25, 0.3) is 4.19 Å². The second kappa shape index (κ2) is 3.26. The van der Waals surface area contributed by atoms with E-state index in [0.29, 0.717) is 4.58 Å². The van der Waals surface area contributed by atoms with E-state index in [4.69, 9.17) is 0 Å². The number of rotatable bonds is 1. The maximum Gasteiger partial charge on any atom is 0.277 e. The lowest BCUT2D eigenvalue weighted by Crippen LogP contribution is -1.71. The SMILES string of the molecule is C1=CSC(c2scc[s+]2)S1. The van der Waals surface area contributed by atoms with Gasteiger partial charge in [-0.1, -0.05) is 0 Å². The Kier molecular flexibility index (Phi) is 2.33. The smallest absolute Gasteiger partial charge is 0.108 e. The minimum Gasteiger partial charge on any atom is -0.108 e. The zero-order valence-corrected chi connectivity index (χ0v) is 8.29. The summed E-state index contributed by atoms with van der Waals surface area (Å²) in [7, 11) is 0. The number of thioether (sulfide) groups is 2. The fourth-order valence-corrected chi connectivity index (χ4v) is 5.16. The Morgan fingerprint density at radius 3 is 2.70 bits per heavy atom. The summed E-state index contributed by atoms with van der Waals surface area (Å²) in [6.07, 6.45) is 0. The highest BCUT2D eigenvalue weighted by Crippen LogP contribution is 2.49. The topological polar surface area (TPSA) is 0 Å². The van der Waals surface area contributed by atoms with Crippen LogP contribution in [0.3, 0.4) is 0 Å². The highest BCUT2D eigenvalue weighted by atomic mass is 32.2. The van der Waals surface area contributed by atoms with Crippen LogP contribution in [0.25, 0.3) is 0 Å². The van der Waals surface area contributed by atoms with Crippen molar-refractivity contribution in [3.8, 4) is 0 Å². The van der Waals surface area contributed by atoms with Crippen LogP contribution >= 0.6 is 46.2 Å². The molecule has 0 spiro atoms. The average Bonchev–Trinajstić information content (AvgIpc) is 2.59. The molecule has 0 bridgehead atoms. The molecule has 2 rings (SSSR count). The van der Waals surface area contributed by atoms with E-state index in [0.717, 1.165) is 0 Å². The third-order valence-electron chi connectivity index (χ3n) is 1.08. The molecule has 0 aliphatic carbocycles. The van der Waals surface area contributed by atoms with Gasteiger partial charge >= 0.3 is 0 Å². The van der Waals surface area contributed by atoms with Gasteiger partial charge in [-0.15, -0.1) is 23.5 Å². The van der Waals surface area contributed by atoms with Gasteiger partial charge in [-0.3, -0.25) is 0 Å². The van der Waals surface area contributed by atoms with E-state index in [1.807, 2.05) is 46.2 Å². The Morgan fingerprint density at radius 1 is 1.30 bits per heavy atom. The molecule has 52 valence electrons. The fraction of sp³-hybridized carbons (Fsp3) is 0.167.